The van der Waals surface area contributed by atoms with Gasteiger partial charge in [-0.05, 0) is 36.4 Å². The number of sulfonamides is 1. The van der Waals surface area contributed by atoms with Crippen LogP contribution in [0.5, 0.6) is 0 Å². The summed E-state index contributed by atoms with van der Waals surface area (Å²) in [6.45, 7) is 0. The number of rotatable bonds is 3. The molecule has 1 aromatic carbocycles. The zero-order valence-electron chi connectivity index (χ0n) is 9.92. The van der Waals surface area contributed by atoms with Gasteiger partial charge in [0.1, 0.15) is 15.9 Å². The lowest BCUT2D eigenvalue weighted by molar-refractivity contribution is 0.593. The van der Waals surface area contributed by atoms with E-state index in [0.717, 1.165) is 4.31 Å². The maximum absolute atomic E-state index is 12.8. The summed E-state index contributed by atoms with van der Waals surface area (Å²) >= 11 is 5.61. The molecule has 2 rings (SSSR count). The van der Waals surface area contributed by atoms with Crippen molar-refractivity contribution in [2.24, 2.45) is 0 Å². The fourth-order valence-electron chi connectivity index (χ4n) is 1.46. The first-order valence-electron chi connectivity index (χ1n) is 5.27. The van der Waals surface area contributed by atoms with Crippen molar-refractivity contribution in [2.75, 3.05) is 11.4 Å². The molecule has 0 spiro atoms. The van der Waals surface area contributed by atoms with Crippen molar-refractivity contribution in [2.45, 2.75) is 4.90 Å². The Kier molecular flexibility index (Phi) is 3.73. The van der Waals surface area contributed by atoms with E-state index in [9.17, 15) is 12.8 Å². The second-order valence-electron chi connectivity index (χ2n) is 3.77. The zero-order valence-corrected chi connectivity index (χ0v) is 11.5. The molecule has 0 fully saturated rings. The maximum atomic E-state index is 12.8. The predicted octanol–water partition coefficient (Wildman–Crippen LogP) is 2.70. The first kappa shape index (κ1) is 13.8. The average Bonchev–Trinajstić information content (AvgIpc) is 2.39. The van der Waals surface area contributed by atoms with E-state index in [1.54, 1.807) is 0 Å². The minimum atomic E-state index is -3.73. The standard InChI is InChI=1S/C12H10ClFN2O2S/c1-16(10-4-2-9(14)3-5-10)19(17,18)11-6-7-12(13)15-8-11/h2-8H,1H3. The van der Waals surface area contributed by atoms with Crippen molar-refractivity contribution in [3.05, 3.63) is 53.6 Å². The highest BCUT2D eigenvalue weighted by molar-refractivity contribution is 7.92. The van der Waals surface area contributed by atoms with E-state index in [4.69, 9.17) is 11.6 Å². The summed E-state index contributed by atoms with van der Waals surface area (Å²) in [6, 6.07) is 7.92. The van der Waals surface area contributed by atoms with Gasteiger partial charge in [0, 0.05) is 13.2 Å². The van der Waals surface area contributed by atoms with E-state index >= 15 is 0 Å². The lowest BCUT2D eigenvalue weighted by atomic mass is 10.3. The van der Waals surface area contributed by atoms with Crippen LogP contribution in [-0.2, 0) is 10.0 Å². The lowest BCUT2D eigenvalue weighted by Gasteiger charge is -2.19. The summed E-state index contributed by atoms with van der Waals surface area (Å²) in [5, 5.41) is 0.211. The van der Waals surface area contributed by atoms with Crippen LogP contribution in [0.1, 0.15) is 0 Å². The van der Waals surface area contributed by atoms with E-state index in [2.05, 4.69) is 4.98 Å². The van der Waals surface area contributed by atoms with Crippen LogP contribution in [0, 0.1) is 5.82 Å². The van der Waals surface area contributed by atoms with Crippen molar-refractivity contribution in [1.82, 2.24) is 4.98 Å². The van der Waals surface area contributed by atoms with Crippen molar-refractivity contribution < 1.29 is 12.8 Å². The molecule has 0 saturated carbocycles. The topological polar surface area (TPSA) is 50.3 Å². The van der Waals surface area contributed by atoms with Crippen LogP contribution in [-0.4, -0.2) is 20.4 Å². The van der Waals surface area contributed by atoms with Crippen molar-refractivity contribution >= 4 is 27.3 Å². The number of hydrogen-bond acceptors (Lipinski definition) is 3. The average molecular weight is 301 g/mol. The van der Waals surface area contributed by atoms with Gasteiger partial charge in [-0.2, -0.15) is 0 Å². The van der Waals surface area contributed by atoms with Gasteiger partial charge in [0.25, 0.3) is 10.0 Å². The Morgan fingerprint density at radius 3 is 2.32 bits per heavy atom. The number of aromatic nitrogens is 1. The molecule has 0 atom stereocenters. The Morgan fingerprint density at radius 1 is 1.16 bits per heavy atom. The normalized spacial score (nSPS) is 11.3. The molecule has 0 radical (unpaired) electrons. The molecule has 7 heteroatoms. The van der Waals surface area contributed by atoms with Crippen LogP contribution < -0.4 is 4.31 Å². The molecular weight excluding hydrogens is 291 g/mol. The van der Waals surface area contributed by atoms with Gasteiger partial charge in [-0.1, -0.05) is 11.6 Å². The number of nitrogens with zero attached hydrogens (tertiary/aromatic N) is 2. The van der Waals surface area contributed by atoms with Crippen LogP contribution in [0.4, 0.5) is 10.1 Å². The summed E-state index contributed by atoms with van der Waals surface area (Å²) in [5.74, 6) is -0.428. The molecule has 0 saturated heterocycles. The SMILES string of the molecule is CN(c1ccc(F)cc1)S(=O)(=O)c1ccc(Cl)nc1. The summed E-state index contributed by atoms with van der Waals surface area (Å²) in [7, 11) is -2.35. The minimum Gasteiger partial charge on any atom is -0.269 e. The van der Waals surface area contributed by atoms with Crippen molar-refractivity contribution in [1.29, 1.82) is 0 Å². The summed E-state index contributed by atoms with van der Waals surface area (Å²) in [5.41, 5.74) is 0.358. The number of benzene rings is 1. The smallest absolute Gasteiger partial charge is 0.265 e. The van der Waals surface area contributed by atoms with Gasteiger partial charge >= 0.3 is 0 Å². The van der Waals surface area contributed by atoms with E-state index in [1.807, 2.05) is 0 Å². The molecule has 19 heavy (non-hydrogen) atoms. The molecule has 0 aliphatic carbocycles. The summed E-state index contributed by atoms with van der Waals surface area (Å²) in [6.07, 6.45) is 1.18. The third-order valence-electron chi connectivity index (χ3n) is 2.55. The van der Waals surface area contributed by atoms with E-state index < -0.39 is 15.8 Å². The fourth-order valence-corrected chi connectivity index (χ4v) is 2.72. The molecule has 100 valence electrons. The third-order valence-corrected chi connectivity index (χ3v) is 4.54. The Morgan fingerprint density at radius 2 is 1.79 bits per heavy atom. The Labute approximate surface area is 115 Å². The van der Waals surface area contributed by atoms with Gasteiger partial charge in [-0.3, -0.25) is 4.31 Å². The molecule has 1 heterocycles. The molecule has 0 aliphatic rings. The molecular formula is C12H10ClFN2O2S. The van der Waals surface area contributed by atoms with Gasteiger partial charge in [0.2, 0.25) is 0 Å². The maximum Gasteiger partial charge on any atom is 0.265 e. The van der Waals surface area contributed by atoms with Crippen molar-refractivity contribution in [3.63, 3.8) is 0 Å². The lowest BCUT2D eigenvalue weighted by Crippen LogP contribution is -2.26. The van der Waals surface area contributed by atoms with Crippen LogP contribution >= 0.6 is 11.6 Å². The zero-order chi connectivity index (χ0) is 14.0. The third kappa shape index (κ3) is 2.85. The van der Waals surface area contributed by atoms with Gasteiger partial charge in [-0.25, -0.2) is 17.8 Å². The van der Waals surface area contributed by atoms with Crippen LogP contribution in [0.15, 0.2) is 47.5 Å². The monoisotopic (exact) mass is 300 g/mol. The van der Waals surface area contributed by atoms with E-state index in [-0.39, 0.29) is 10.0 Å². The number of hydrogen-bond donors (Lipinski definition) is 0. The highest BCUT2D eigenvalue weighted by atomic mass is 35.5. The van der Waals surface area contributed by atoms with Gasteiger partial charge in [0.15, 0.2) is 0 Å². The number of halogens is 2. The second-order valence-corrected chi connectivity index (χ2v) is 6.12. The molecule has 0 N–H and O–H groups in total. The highest BCUT2D eigenvalue weighted by Crippen LogP contribution is 2.22. The number of pyridine rings is 1. The predicted molar refractivity (Wildman–Crippen MR) is 71.2 cm³/mol. The molecule has 4 nitrogen and oxygen atoms in total. The van der Waals surface area contributed by atoms with Crippen LogP contribution in [0.25, 0.3) is 0 Å². The van der Waals surface area contributed by atoms with E-state index in [1.165, 1.54) is 49.6 Å². The molecule has 0 unspecified atom stereocenters. The summed E-state index contributed by atoms with van der Waals surface area (Å²) < 4.78 is 38.4. The van der Waals surface area contributed by atoms with Crippen LogP contribution in [0.2, 0.25) is 5.15 Å². The van der Waals surface area contributed by atoms with Crippen molar-refractivity contribution in [3.8, 4) is 0 Å². The molecule has 0 amide bonds. The molecule has 2 aromatic rings. The Bertz CT molecular complexity index is 672. The quantitative estimate of drug-likeness (QED) is 0.819. The summed E-state index contributed by atoms with van der Waals surface area (Å²) in [4.78, 5) is 3.75. The minimum absolute atomic E-state index is 0.0173. The Hall–Kier alpha value is -1.66. The second kappa shape index (κ2) is 5.14. The van der Waals surface area contributed by atoms with E-state index in [0.29, 0.717) is 5.69 Å². The van der Waals surface area contributed by atoms with Gasteiger partial charge in [0.05, 0.1) is 5.69 Å². The van der Waals surface area contributed by atoms with Gasteiger partial charge < -0.3 is 0 Å². The highest BCUT2D eigenvalue weighted by Gasteiger charge is 2.21. The molecule has 0 bridgehead atoms. The first-order valence-corrected chi connectivity index (χ1v) is 7.09. The largest absolute Gasteiger partial charge is 0.269 e. The van der Waals surface area contributed by atoms with Crippen LogP contribution in [0.3, 0.4) is 0 Å². The molecule has 1 aromatic heterocycles. The molecule has 0 aliphatic heterocycles. The Balaban J connectivity index is 2.39. The van der Waals surface area contributed by atoms with Gasteiger partial charge in [-0.15, -0.1) is 0 Å². The number of anilines is 1. The fraction of sp³-hybridized carbons (Fsp3) is 0.0833. The first-order chi connectivity index (χ1) is 8.91.